The standard InChI is InChI=1S/C20H20N.C13H21F3O2.Ir/c1-13(2)16-5-6-19-17(12-16)7-8-21-20(19)18-10-14(3)9-15(4)11-18;1-4-9(5-2)11(17)7-12(18)10(6-3)8-13(14,15)16;/h5-10,12-13H,1-4H3;7,9-10,17H,4-6,8H2,1-3H3;/q-1;;/b;11-7-;/i7D,8D;;. The number of hydrogen-bond acceptors (Lipinski definition) is 3. The second-order valence-corrected chi connectivity index (χ2v) is 10.3. The summed E-state index contributed by atoms with van der Waals surface area (Å²) in [6, 6.07) is 13.8. The Hall–Kier alpha value is -2.50. The number of halogens is 3. The largest absolute Gasteiger partial charge is 0.512 e. The maximum absolute atomic E-state index is 12.2. The van der Waals surface area contributed by atoms with Gasteiger partial charge in [0, 0.05) is 44.2 Å². The third-order valence-electron chi connectivity index (χ3n) is 6.79. The average Bonchev–Trinajstić information content (AvgIpc) is 2.89. The van der Waals surface area contributed by atoms with Crippen molar-refractivity contribution >= 4 is 16.6 Å². The number of rotatable bonds is 9. The molecule has 221 valence electrons. The van der Waals surface area contributed by atoms with Gasteiger partial charge in [0.2, 0.25) is 0 Å². The Labute approximate surface area is 253 Å². The molecule has 0 amide bonds. The van der Waals surface area contributed by atoms with Crippen LogP contribution >= 0.6 is 0 Å². The SMILES string of the molecule is CCC(CC(F)(F)F)C(=O)/C=C(\O)C(CC)CC.[2H]c1nc(-c2[c-]c(C)cc(C)c2)c2ccc(C(C)C)cc2c1[2H].[Ir]. The molecule has 3 aromatic rings. The number of benzene rings is 2. The van der Waals surface area contributed by atoms with Crippen molar-refractivity contribution in [3.05, 3.63) is 77.1 Å². The molecule has 0 aliphatic heterocycles. The Kier molecular flexibility index (Phi) is 12.9. The van der Waals surface area contributed by atoms with Gasteiger partial charge in [-0.2, -0.15) is 13.2 Å². The fourth-order valence-corrected chi connectivity index (χ4v) is 4.48. The van der Waals surface area contributed by atoms with Crippen LogP contribution in [0.2, 0.25) is 0 Å². The van der Waals surface area contributed by atoms with Crippen LogP contribution in [0.1, 0.15) is 85.7 Å². The number of aryl methyl sites for hydroxylation is 2. The van der Waals surface area contributed by atoms with Gasteiger partial charge in [-0.3, -0.25) is 4.79 Å². The van der Waals surface area contributed by atoms with Crippen LogP contribution in [0.5, 0.6) is 0 Å². The molecule has 1 unspecified atom stereocenters. The molecule has 1 radical (unpaired) electrons. The number of carbonyl (C=O) groups is 1. The first-order valence-electron chi connectivity index (χ1n) is 14.5. The van der Waals surface area contributed by atoms with Gasteiger partial charge in [0.05, 0.1) is 14.9 Å². The fourth-order valence-electron chi connectivity index (χ4n) is 4.48. The van der Waals surface area contributed by atoms with Gasteiger partial charge in [-0.25, -0.2) is 0 Å². The summed E-state index contributed by atoms with van der Waals surface area (Å²) >= 11 is 0. The van der Waals surface area contributed by atoms with E-state index in [-0.39, 0.29) is 50.4 Å². The second-order valence-electron chi connectivity index (χ2n) is 10.3. The fraction of sp³-hybridized carbons (Fsp3) is 0.455. The summed E-state index contributed by atoms with van der Waals surface area (Å²) in [6.45, 7) is 13.6. The van der Waals surface area contributed by atoms with Gasteiger partial charge in [0.15, 0.2) is 5.78 Å². The van der Waals surface area contributed by atoms with Gasteiger partial charge in [0.25, 0.3) is 0 Å². The van der Waals surface area contributed by atoms with E-state index in [1.807, 2.05) is 45.9 Å². The summed E-state index contributed by atoms with van der Waals surface area (Å²) < 4.78 is 53.0. The summed E-state index contributed by atoms with van der Waals surface area (Å²) in [5.74, 6) is -1.61. The normalized spacial score (nSPS) is 13.3. The molecule has 7 heteroatoms. The van der Waals surface area contributed by atoms with Gasteiger partial charge in [-0.15, -0.1) is 34.9 Å². The number of nitrogens with zero attached hydrogens (tertiary/aromatic N) is 1. The smallest absolute Gasteiger partial charge is 0.389 e. The van der Waals surface area contributed by atoms with Crippen LogP contribution in [0.25, 0.3) is 22.0 Å². The van der Waals surface area contributed by atoms with Crippen molar-refractivity contribution in [1.29, 1.82) is 0 Å². The molecular formula is C33H41F3IrNO2-. The van der Waals surface area contributed by atoms with Crippen LogP contribution < -0.4 is 0 Å². The van der Waals surface area contributed by atoms with E-state index in [0.29, 0.717) is 18.8 Å². The van der Waals surface area contributed by atoms with Gasteiger partial charge in [0.1, 0.15) is 0 Å². The van der Waals surface area contributed by atoms with Crippen LogP contribution in [0.4, 0.5) is 13.2 Å². The summed E-state index contributed by atoms with van der Waals surface area (Å²) in [7, 11) is 0. The molecule has 0 saturated carbocycles. The van der Waals surface area contributed by atoms with Gasteiger partial charge >= 0.3 is 6.18 Å². The number of hydrogen-bond donors (Lipinski definition) is 1. The quantitative estimate of drug-likeness (QED) is 0.135. The van der Waals surface area contributed by atoms with Crippen molar-refractivity contribution in [2.75, 3.05) is 0 Å². The van der Waals surface area contributed by atoms with Crippen LogP contribution in [0.3, 0.4) is 0 Å². The Morgan fingerprint density at radius 2 is 1.70 bits per heavy atom. The maximum Gasteiger partial charge on any atom is 0.389 e. The van der Waals surface area contributed by atoms with E-state index in [9.17, 15) is 23.1 Å². The molecule has 0 fully saturated rings. The van der Waals surface area contributed by atoms with E-state index >= 15 is 0 Å². The monoisotopic (exact) mass is 735 g/mol. The number of carbonyl (C=O) groups excluding carboxylic acids is 1. The summed E-state index contributed by atoms with van der Waals surface area (Å²) in [4.78, 5) is 16.0. The molecule has 3 rings (SSSR count). The number of aliphatic hydroxyl groups is 1. The maximum atomic E-state index is 12.2. The van der Waals surface area contributed by atoms with E-state index in [0.717, 1.165) is 39.2 Å². The average molecular weight is 735 g/mol. The third kappa shape index (κ3) is 10.5. The summed E-state index contributed by atoms with van der Waals surface area (Å²) in [5.41, 5.74) is 5.00. The van der Waals surface area contributed by atoms with E-state index in [1.54, 1.807) is 0 Å². The molecule has 2 aromatic carbocycles. The van der Waals surface area contributed by atoms with Crippen LogP contribution in [-0.4, -0.2) is 22.1 Å². The van der Waals surface area contributed by atoms with Crippen molar-refractivity contribution in [3.8, 4) is 11.3 Å². The van der Waals surface area contributed by atoms with Crippen molar-refractivity contribution in [3.63, 3.8) is 0 Å². The molecule has 0 spiro atoms. The molecule has 0 saturated heterocycles. The summed E-state index contributed by atoms with van der Waals surface area (Å²) in [6.07, 6.45) is -3.07. The van der Waals surface area contributed by atoms with Crippen LogP contribution in [0.15, 0.2) is 54.4 Å². The molecule has 0 bridgehead atoms. The second kappa shape index (κ2) is 16.1. The third-order valence-corrected chi connectivity index (χ3v) is 6.79. The molecule has 3 nitrogen and oxygen atoms in total. The van der Waals surface area contributed by atoms with Gasteiger partial charge in [-0.05, 0) is 53.3 Å². The Bertz CT molecular complexity index is 1370. The number of alkyl halides is 3. The Morgan fingerprint density at radius 1 is 1.07 bits per heavy atom. The molecule has 0 aliphatic carbocycles. The Morgan fingerprint density at radius 3 is 2.23 bits per heavy atom. The number of aliphatic hydroxyl groups excluding tert-OH is 1. The van der Waals surface area contributed by atoms with Crippen molar-refractivity contribution < 1.29 is 45.9 Å². The van der Waals surface area contributed by atoms with Crippen molar-refractivity contribution in [2.24, 2.45) is 11.8 Å². The first-order chi connectivity index (χ1) is 19.1. The van der Waals surface area contributed by atoms with Crippen molar-refractivity contribution in [2.45, 2.75) is 86.2 Å². The zero-order valence-electron chi connectivity index (χ0n) is 26.3. The topological polar surface area (TPSA) is 50.2 Å². The van der Waals surface area contributed by atoms with Crippen molar-refractivity contribution in [1.82, 2.24) is 4.98 Å². The minimum Gasteiger partial charge on any atom is -0.512 e. The molecule has 40 heavy (non-hydrogen) atoms. The van der Waals surface area contributed by atoms with E-state index in [2.05, 4.69) is 37.0 Å². The molecule has 1 atom stereocenters. The van der Waals surface area contributed by atoms with E-state index < -0.39 is 24.3 Å². The first-order valence-corrected chi connectivity index (χ1v) is 13.5. The molecule has 1 N–H and O–H groups in total. The number of fused-ring (bicyclic) bond motifs is 1. The number of allylic oxidation sites excluding steroid dienone is 2. The molecular weight excluding hydrogens is 692 g/mol. The summed E-state index contributed by atoms with van der Waals surface area (Å²) in [5, 5.41) is 11.4. The Balaban J connectivity index is 0.000000425. The van der Waals surface area contributed by atoms with Gasteiger partial charge < -0.3 is 10.1 Å². The zero-order chi connectivity index (χ0) is 31.1. The number of pyridine rings is 1. The molecule has 1 aromatic heterocycles. The predicted molar refractivity (Wildman–Crippen MR) is 154 cm³/mol. The van der Waals surface area contributed by atoms with Gasteiger partial charge in [-0.1, -0.05) is 66.7 Å². The molecule has 1 heterocycles. The number of aromatic nitrogens is 1. The minimum absolute atomic E-state index is 0. The van der Waals surface area contributed by atoms with Crippen LogP contribution in [-0.2, 0) is 24.9 Å². The first kappa shape index (κ1) is 32.0. The minimum atomic E-state index is -4.35. The van der Waals surface area contributed by atoms with E-state index in [4.69, 9.17) is 2.74 Å². The van der Waals surface area contributed by atoms with E-state index in [1.165, 1.54) is 12.5 Å². The predicted octanol–water partition coefficient (Wildman–Crippen LogP) is 9.85. The molecule has 0 aliphatic rings. The number of ketones is 1. The zero-order valence-corrected chi connectivity index (χ0v) is 26.7. The van der Waals surface area contributed by atoms with Crippen LogP contribution in [0, 0.1) is 31.7 Å².